The molecule has 0 spiro atoms. The normalized spacial score (nSPS) is 10.2. The van der Waals surface area contributed by atoms with Crippen LogP contribution in [0.1, 0.15) is 5.69 Å². The van der Waals surface area contributed by atoms with Crippen LogP contribution in [0.4, 0.5) is 0 Å². The third-order valence-electron chi connectivity index (χ3n) is 3.09. The first-order valence-corrected chi connectivity index (χ1v) is 7.73. The molecule has 0 unspecified atom stereocenters. The van der Waals surface area contributed by atoms with E-state index in [-0.39, 0.29) is 24.7 Å². The number of nitrogens with zero attached hydrogens (tertiary/aromatic N) is 1. The number of halogens is 2. The van der Waals surface area contributed by atoms with E-state index in [1.807, 2.05) is 12.1 Å². The summed E-state index contributed by atoms with van der Waals surface area (Å²) in [4.78, 5) is 16.1. The number of ether oxygens (including phenoxy) is 1. The molecule has 0 atom stereocenters. The summed E-state index contributed by atoms with van der Waals surface area (Å²) in [6.45, 7) is 2.68. The molecule has 2 N–H and O–H groups in total. The van der Waals surface area contributed by atoms with Gasteiger partial charge < -0.3 is 19.8 Å². The molecule has 2 rings (SSSR count). The van der Waals surface area contributed by atoms with Crippen LogP contribution in [-0.4, -0.2) is 44.2 Å². The molecule has 24 heavy (non-hydrogen) atoms. The van der Waals surface area contributed by atoms with Crippen molar-refractivity contribution >= 4 is 29.9 Å². The standard InChI is InChI=1S/C16H20ClN3O3.ClH/c1-22-9-8-18-6-7-19-15(21)10-14-11-23-16(20-14)12-2-4-13(17)5-3-12;/h2-5,11,18H,6-10H2,1H3,(H,19,21);1H. The van der Waals surface area contributed by atoms with Crippen LogP contribution in [0.5, 0.6) is 0 Å². The van der Waals surface area contributed by atoms with Crippen molar-refractivity contribution in [2.24, 2.45) is 0 Å². The molecule has 1 amide bonds. The highest BCUT2D eigenvalue weighted by atomic mass is 35.5. The third kappa shape index (κ3) is 6.88. The lowest BCUT2D eigenvalue weighted by Gasteiger charge is -2.05. The Hall–Kier alpha value is -1.60. The molecule has 132 valence electrons. The molecule has 0 aliphatic heterocycles. The van der Waals surface area contributed by atoms with Gasteiger partial charge in [0.2, 0.25) is 11.8 Å². The SMILES string of the molecule is COCCNCCNC(=O)Cc1coc(-c2ccc(Cl)cc2)n1.Cl. The Morgan fingerprint density at radius 2 is 2.00 bits per heavy atom. The van der Waals surface area contributed by atoms with Gasteiger partial charge in [0, 0.05) is 37.3 Å². The Morgan fingerprint density at radius 1 is 1.25 bits per heavy atom. The number of carbonyl (C=O) groups is 1. The first kappa shape index (κ1) is 20.4. The number of rotatable bonds is 9. The van der Waals surface area contributed by atoms with Crippen molar-refractivity contribution < 1.29 is 13.9 Å². The first-order chi connectivity index (χ1) is 11.2. The molecule has 0 saturated heterocycles. The maximum Gasteiger partial charge on any atom is 0.226 e. The quantitative estimate of drug-likeness (QED) is 0.659. The largest absolute Gasteiger partial charge is 0.444 e. The van der Waals surface area contributed by atoms with Crippen molar-refractivity contribution in [3.05, 3.63) is 41.2 Å². The van der Waals surface area contributed by atoms with Crippen LogP contribution < -0.4 is 10.6 Å². The predicted octanol–water partition coefficient (Wildman–Crippen LogP) is 2.31. The molecule has 0 fully saturated rings. The number of benzene rings is 1. The molecular weight excluding hydrogens is 353 g/mol. The van der Waals surface area contributed by atoms with Crippen molar-refractivity contribution in [3.8, 4) is 11.5 Å². The summed E-state index contributed by atoms with van der Waals surface area (Å²) in [5.41, 5.74) is 1.42. The van der Waals surface area contributed by atoms with Gasteiger partial charge in [0.25, 0.3) is 0 Å². The lowest BCUT2D eigenvalue weighted by Crippen LogP contribution is -2.33. The van der Waals surface area contributed by atoms with E-state index in [2.05, 4.69) is 15.6 Å². The van der Waals surface area contributed by atoms with E-state index in [4.69, 9.17) is 20.8 Å². The molecule has 0 bridgehead atoms. The van der Waals surface area contributed by atoms with Gasteiger partial charge in [0.05, 0.1) is 18.7 Å². The number of nitrogens with one attached hydrogen (secondary N) is 2. The summed E-state index contributed by atoms with van der Waals surface area (Å²) in [5.74, 6) is 0.389. The number of carbonyl (C=O) groups excluding carboxylic acids is 1. The Labute approximate surface area is 152 Å². The van der Waals surface area contributed by atoms with Gasteiger partial charge in [-0.1, -0.05) is 11.6 Å². The van der Waals surface area contributed by atoms with E-state index in [1.165, 1.54) is 6.26 Å². The second-order valence-corrected chi connectivity index (χ2v) is 5.36. The zero-order chi connectivity index (χ0) is 16.5. The zero-order valence-electron chi connectivity index (χ0n) is 13.4. The highest BCUT2D eigenvalue weighted by Crippen LogP contribution is 2.20. The van der Waals surface area contributed by atoms with Gasteiger partial charge in [-0.3, -0.25) is 4.79 Å². The molecule has 2 aromatic rings. The van der Waals surface area contributed by atoms with Crippen LogP contribution in [0.3, 0.4) is 0 Å². The lowest BCUT2D eigenvalue weighted by molar-refractivity contribution is -0.120. The number of hydrogen-bond acceptors (Lipinski definition) is 5. The van der Waals surface area contributed by atoms with E-state index >= 15 is 0 Å². The van der Waals surface area contributed by atoms with Gasteiger partial charge >= 0.3 is 0 Å². The summed E-state index contributed by atoms with van der Waals surface area (Å²) in [5, 5.41) is 6.63. The van der Waals surface area contributed by atoms with Crippen molar-refractivity contribution in [1.82, 2.24) is 15.6 Å². The monoisotopic (exact) mass is 373 g/mol. The van der Waals surface area contributed by atoms with Crippen molar-refractivity contribution in [2.75, 3.05) is 33.4 Å². The minimum absolute atomic E-state index is 0. The molecular formula is C16H21Cl2N3O3. The van der Waals surface area contributed by atoms with E-state index in [0.717, 1.165) is 12.1 Å². The van der Waals surface area contributed by atoms with Crippen LogP contribution in [-0.2, 0) is 16.0 Å². The number of methoxy groups -OCH3 is 1. The second-order valence-electron chi connectivity index (χ2n) is 4.92. The summed E-state index contributed by atoms with van der Waals surface area (Å²) in [7, 11) is 1.65. The van der Waals surface area contributed by atoms with Gasteiger partial charge in [-0.2, -0.15) is 0 Å². The molecule has 0 aliphatic rings. The molecule has 0 radical (unpaired) electrons. The fraction of sp³-hybridized carbons (Fsp3) is 0.375. The molecule has 1 aromatic carbocycles. The molecule has 0 saturated carbocycles. The van der Waals surface area contributed by atoms with Crippen molar-refractivity contribution in [3.63, 3.8) is 0 Å². The van der Waals surface area contributed by atoms with Crippen LogP contribution in [0, 0.1) is 0 Å². The first-order valence-electron chi connectivity index (χ1n) is 7.35. The van der Waals surface area contributed by atoms with Gasteiger partial charge in [0.15, 0.2) is 0 Å². The van der Waals surface area contributed by atoms with Crippen LogP contribution >= 0.6 is 24.0 Å². The summed E-state index contributed by atoms with van der Waals surface area (Å²) in [6, 6.07) is 7.18. The van der Waals surface area contributed by atoms with Gasteiger partial charge in [-0.25, -0.2) is 4.98 Å². The van der Waals surface area contributed by atoms with Gasteiger partial charge in [-0.05, 0) is 24.3 Å². The molecule has 8 heteroatoms. The minimum Gasteiger partial charge on any atom is -0.444 e. The number of oxazole rings is 1. The number of amides is 1. The van der Waals surface area contributed by atoms with Crippen LogP contribution in [0.15, 0.2) is 34.9 Å². The zero-order valence-corrected chi connectivity index (χ0v) is 15.0. The molecule has 1 aromatic heterocycles. The van der Waals surface area contributed by atoms with Gasteiger partial charge in [0.1, 0.15) is 6.26 Å². The smallest absolute Gasteiger partial charge is 0.226 e. The van der Waals surface area contributed by atoms with Crippen molar-refractivity contribution in [1.29, 1.82) is 0 Å². The van der Waals surface area contributed by atoms with E-state index in [1.54, 1.807) is 19.2 Å². The molecule has 6 nitrogen and oxygen atoms in total. The number of hydrogen-bond donors (Lipinski definition) is 2. The predicted molar refractivity (Wildman–Crippen MR) is 95.7 cm³/mol. The maximum absolute atomic E-state index is 11.8. The van der Waals surface area contributed by atoms with E-state index in [0.29, 0.717) is 36.3 Å². The minimum atomic E-state index is -0.0884. The maximum atomic E-state index is 11.8. The summed E-state index contributed by atoms with van der Waals surface area (Å²) in [6.07, 6.45) is 1.69. The molecule has 0 aliphatic carbocycles. The highest BCUT2D eigenvalue weighted by molar-refractivity contribution is 6.30. The van der Waals surface area contributed by atoms with E-state index in [9.17, 15) is 4.79 Å². The number of aromatic nitrogens is 1. The van der Waals surface area contributed by atoms with Gasteiger partial charge in [-0.15, -0.1) is 12.4 Å². The third-order valence-corrected chi connectivity index (χ3v) is 3.34. The van der Waals surface area contributed by atoms with Crippen molar-refractivity contribution in [2.45, 2.75) is 6.42 Å². The average Bonchev–Trinajstić information content (AvgIpc) is 3.00. The summed E-state index contributed by atoms with van der Waals surface area (Å²) >= 11 is 5.85. The van der Waals surface area contributed by atoms with Crippen LogP contribution in [0.25, 0.3) is 11.5 Å². The van der Waals surface area contributed by atoms with E-state index < -0.39 is 0 Å². The molecule has 1 heterocycles. The Balaban J connectivity index is 0.00000288. The fourth-order valence-electron chi connectivity index (χ4n) is 1.93. The van der Waals surface area contributed by atoms with Crippen LogP contribution in [0.2, 0.25) is 5.02 Å². The topological polar surface area (TPSA) is 76.4 Å². The highest BCUT2D eigenvalue weighted by Gasteiger charge is 2.10. The lowest BCUT2D eigenvalue weighted by atomic mass is 10.2. The Bertz CT molecular complexity index is 617. The second kappa shape index (κ2) is 11.0. The Kier molecular flexibility index (Phi) is 9.41. The average molecular weight is 374 g/mol. The Morgan fingerprint density at radius 3 is 2.71 bits per heavy atom. The fourth-order valence-corrected chi connectivity index (χ4v) is 2.06. The summed E-state index contributed by atoms with van der Waals surface area (Å²) < 4.78 is 10.3.